The van der Waals surface area contributed by atoms with Gasteiger partial charge in [0.15, 0.2) is 5.09 Å². The van der Waals surface area contributed by atoms with Crippen LogP contribution in [0.5, 0.6) is 0 Å². The quantitative estimate of drug-likeness (QED) is 0.383. The Bertz CT molecular complexity index is 240. The van der Waals surface area contributed by atoms with Crippen LogP contribution in [0.1, 0.15) is 19.8 Å². The summed E-state index contributed by atoms with van der Waals surface area (Å²) < 4.78 is 10.0. The van der Waals surface area contributed by atoms with E-state index >= 15 is 0 Å². The van der Waals surface area contributed by atoms with Gasteiger partial charge in [0.2, 0.25) is 0 Å². The number of ether oxygens (including phenoxy) is 2. The molecule has 0 bridgehead atoms. The van der Waals surface area contributed by atoms with Crippen molar-refractivity contribution in [2.24, 2.45) is 0 Å². The number of hydrogen-bond donors (Lipinski definition) is 0. The summed E-state index contributed by atoms with van der Waals surface area (Å²) in [5.41, 5.74) is 0.943. The third kappa shape index (κ3) is 5.52. The second-order valence-corrected chi connectivity index (χ2v) is 3.51. The van der Waals surface area contributed by atoms with Gasteiger partial charge in [-0.3, -0.25) is 4.79 Å². The van der Waals surface area contributed by atoms with E-state index in [2.05, 4.69) is 6.58 Å². The molecular weight excluding hydrogens is 212 g/mol. The van der Waals surface area contributed by atoms with Gasteiger partial charge in [0.1, 0.15) is 0 Å². The molecule has 0 aliphatic heterocycles. The first-order valence-corrected chi connectivity index (χ1v) is 6.01. The molecule has 0 rings (SSSR count). The highest BCUT2D eigenvalue weighted by Gasteiger charge is 2.07. The molecule has 0 N–H and O–H groups in total. The molecule has 0 aliphatic carbocycles. The van der Waals surface area contributed by atoms with Crippen molar-refractivity contribution in [3.8, 4) is 0 Å². The first kappa shape index (κ1) is 14.1. The predicted molar refractivity (Wildman–Crippen MR) is 63.6 cm³/mol. The van der Waals surface area contributed by atoms with Crippen LogP contribution in [0.15, 0.2) is 23.3 Å². The Balaban J connectivity index is 4.27. The van der Waals surface area contributed by atoms with Crippen molar-refractivity contribution in [3.63, 3.8) is 0 Å². The first-order valence-electron chi connectivity index (χ1n) is 4.78. The Kier molecular flexibility index (Phi) is 7.91. The normalized spacial score (nSPS) is 11.7. The summed E-state index contributed by atoms with van der Waals surface area (Å²) >= 11 is 1.50. The Morgan fingerprint density at radius 3 is 2.53 bits per heavy atom. The molecule has 0 unspecified atom stereocenters. The van der Waals surface area contributed by atoms with Gasteiger partial charge in [0, 0.05) is 12.0 Å². The van der Waals surface area contributed by atoms with E-state index in [0.29, 0.717) is 19.4 Å². The average Bonchev–Trinajstić information content (AvgIpc) is 2.24. The molecule has 15 heavy (non-hydrogen) atoms. The van der Waals surface area contributed by atoms with E-state index in [1.807, 2.05) is 6.26 Å². The summed E-state index contributed by atoms with van der Waals surface area (Å²) in [7, 11) is 1.61. The lowest BCUT2D eigenvalue weighted by Crippen LogP contribution is -2.04. The molecule has 0 aliphatic rings. The number of methoxy groups -OCH3 is 1. The minimum Gasteiger partial charge on any atom is -0.490 e. The van der Waals surface area contributed by atoms with Gasteiger partial charge in [-0.2, -0.15) is 0 Å². The Hall–Kier alpha value is -0.900. The van der Waals surface area contributed by atoms with Gasteiger partial charge in [-0.25, -0.2) is 0 Å². The van der Waals surface area contributed by atoms with Crippen LogP contribution in [0, 0.1) is 0 Å². The van der Waals surface area contributed by atoms with Crippen molar-refractivity contribution in [2.75, 3.05) is 20.0 Å². The molecule has 0 aromatic heterocycles. The van der Waals surface area contributed by atoms with Gasteiger partial charge >= 0.3 is 5.97 Å². The Morgan fingerprint density at radius 1 is 1.47 bits per heavy atom. The maximum Gasteiger partial charge on any atom is 0.306 e. The predicted octanol–water partition coefficient (Wildman–Crippen LogP) is 2.74. The van der Waals surface area contributed by atoms with E-state index in [1.165, 1.54) is 11.8 Å². The lowest BCUT2D eigenvalue weighted by atomic mass is 10.1. The fraction of sp³-hybridized carbons (Fsp3) is 0.545. The number of carbonyl (C=O) groups is 1. The van der Waals surface area contributed by atoms with Crippen LogP contribution in [0.4, 0.5) is 0 Å². The summed E-state index contributed by atoms with van der Waals surface area (Å²) in [5.74, 6) is -0.187. The lowest BCUT2D eigenvalue weighted by Gasteiger charge is -2.08. The molecule has 0 saturated heterocycles. The van der Waals surface area contributed by atoms with Crippen molar-refractivity contribution < 1.29 is 14.3 Å². The van der Waals surface area contributed by atoms with Crippen LogP contribution < -0.4 is 0 Å². The molecule has 0 atom stereocenters. The molecule has 0 saturated carbocycles. The fourth-order valence-corrected chi connectivity index (χ4v) is 1.72. The molecular formula is C11H18O3S. The smallest absolute Gasteiger partial charge is 0.306 e. The summed E-state index contributed by atoms with van der Waals surface area (Å²) in [6.45, 7) is 5.92. The monoisotopic (exact) mass is 230 g/mol. The second-order valence-electron chi connectivity index (χ2n) is 2.73. The molecule has 0 heterocycles. The lowest BCUT2D eigenvalue weighted by molar-refractivity contribution is -0.143. The fourth-order valence-electron chi connectivity index (χ4n) is 1.10. The van der Waals surface area contributed by atoms with E-state index in [1.54, 1.807) is 20.1 Å². The summed E-state index contributed by atoms with van der Waals surface area (Å²) in [4.78, 5) is 11.1. The molecule has 0 spiro atoms. The maximum absolute atomic E-state index is 11.1. The molecule has 0 aromatic rings. The van der Waals surface area contributed by atoms with Crippen LogP contribution in [-0.4, -0.2) is 25.9 Å². The highest BCUT2D eigenvalue weighted by atomic mass is 32.2. The summed E-state index contributed by atoms with van der Waals surface area (Å²) in [5, 5.41) is 0.800. The van der Waals surface area contributed by atoms with Crippen molar-refractivity contribution in [3.05, 3.63) is 23.3 Å². The zero-order valence-electron chi connectivity index (χ0n) is 9.54. The van der Waals surface area contributed by atoms with Crippen LogP contribution in [0.25, 0.3) is 0 Å². The third-order valence-electron chi connectivity index (χ3n) is 1.78. The van der Waals surface area contributed by atoms with Gasteiger partial charge in [-0.1, -0.05) is 24.4 Å². The minimum atomic E-state index is -0.187. The van der Waals surface area contributed by atoms with E-state index in [-0.39, 0.29) is 5.97 Å². The standard InChI is InChI=1S/C11H18O3S/c1-5-9(11(13-3)15-4)7-8-10(12)14-6-2/h5H,1,6-8H2,2-4H3/b11-9+. The van der Waals surface area contributed by atoms with Crippen molar-refractivity contribution >= 4 is 17.7 Å². The summed E-state index contributed by atoms with van der Waals surface area (Å²) in [6.07, 6.45) is 4.61. The number of carbonyl (C=O) groups excluding carboxylic acids is 1. The van der Waals surface area contributed by atoms with Crippen molar-refractivity contribution in [1.82, 2.24) is 0 Å². The minimum absolute atomic E-state index is 0.187. The highest BCUT2D eigenvalue weighted by molar-refractivity contribution is 8.02. The molecule has 3 nitrogen and oxygen atoms in total. The summed E-state index contributed by atoms with van der Waals surface area (Å²) in [6, 6.07) is 0. The molecule has 0 fully saturated rings. The molecule has 0 amide bonds. The molecule has 86 valence electrons. The van der Waals surface area contributed by atoms with E-state index < -0.39 is 0 Å². The Labute approximate surface area is 95.5 Å². The van der Waals surface area contributed by atoms with Crippen LogP contribution in [0.3, 0.4) is 0 Å². The number of rotatable bonds is 7. The maximum atomic E-state index is 11.1. The Morgan fingerprint density at radius 2 is 2.13 bits per heavy atom. The third-order valence-corrected chi connectivity index (χ3v) is 2.58. The van der Waals surface area contributed by atoms with E-state index in [9.17, 15) is 4.79 Å². The van der Waals surface area contributed by atoms with Crippen molar-refractivity contribution in [2.45, 2.75) is 19.8 Å². The SMILES string of the molecule is C=C/C(CCC(=O)OCC)=C(/OC)SC. The van der Waals surface area contributed by atoms with Gasteiger partial charge in [0.05, 0.1) is 13.7 Å². The topological polar surface area (TPSA) is 35.5 Å². The number of thioether (sulfide) groups is 1. The van der Waals surface area contributed by atoms with E-state index in [0.717, 1.165) is 10.7 Å². The van der Waals surface area contributed by atoms with Gasteiger partial charge in [0.25, 0.3) is 0 Å². The van der Waals surface area contributed by atoms with Gasteiger partial charge in [-0.15, -0.1) is 0 Å². The highest BCUT2D eigenvalue weighted by Crippen LogP contribution is 2.21. The molecule has 0 radical (unpaired) electrons. The molecule has 0 aromatic carbocycles. The first-order chi connectivity index (χ1) is 7.19. The number of esters is 1. The van der Waals surface area contributed by atoms with Crippen LogP contribution in [0.2, 0.25) is 0 Å². The van der Waals surface area contributed by atoms with Gasteiger partial charge < -0.3 is 9.47 Å². The average molecular weight is 230 g/mol. The molecule has 4 heteroatoms. The van der Waals surface area contributed by atoms with Crippen LogP contribution in [-0.2, 0) is 14.3 Å². The van der Waals surface area contributed by atoms with E-state index in [4.69, 9.17) is 9.47 Å². The number of hydrogen-bond acceptors (Lipinski definition) is 4. The van der Waals surface area contributed by atoms with Crippen molar-refractivity contribution in [1.29, 1.82) is 0 Å². The largest absolute Gasteiger partial charge is 0.490 e. The number of allylic oxidation sites excluding steroid dienone is 2. The van der Waals surface area contributed by atoms with Gasteiger partial charge in [-0.05, 0) is 19.6 Å². The zero-order valence-corrected chi connectivity index (χ0v) is 10.4. The second kappa shape index (κ2) is 8.41. The van der Waals surface area contributed by atoms with Crippen LogP contribution >= 0.6 is 11.8 Å². The zero-order chi connectivity index (χ0) is 11.7.